The first-order valence-corrected chi connectivity index (χ1v) is 24.8. The van der Waals surface area contributed by atoms with Crippen molar-refractivity contribution in [3.8, 4) is 0 Å². The van der Waals surface area contributed by atoms with Gasteiger partial charge in [0.25, 0.3) is 0 Å². The van der Waals surface area contributed by atoms with Crippen LogP contribution in [0.1, 0.15) is 132 Å². The monoisotopic (exact) mass is 727 g/mol. The van der Waals surface area contributed by atoms with Crippen molar-refractivity contribution in [1.29, 1.82) is 0 Å². The highest BCUT2D eigenvalue weighted by molar-refractivity contribution is 5.22. The average Bonchev–Trinajstić information content (AvgIpc) is 3.66. The Morgan fingerprint density at radius 1 is 0.189 bits per heavy atom. The van der Waals surface area contributed by atoms with Gasteiger partial charge in [0, 0.05) is 0 Å². The molecular weight excluding hydrogens is 637 g/mol. The Hall–Kier alpha value is 0. The van der Waals surface area contributed by atoms with E-state index in [1.807, 2.05) is 0 Å². The van der Waals surface area contributed by atoms with Gasteiger partial charge >= 0.3 is 0 Å². The molecule has 0 saturated heterocycles. The summed E-state index contributed by atoms with van der Waals surface area (Å²) in [7, 11) is 0. The molecule has 9 aliphatic carbocycles. The summed E-state index contributed by atoms with van der Waals surface area (Å²) in [5, 5.41) is 0. The number of rotatable bonds is 0. The van der Waals surface area contributed by atoms with Gasteiger partial charge in [0.1, 0.15) is 0 Å². The first kappa shape index (κ1) is 38.5. The van der Waals surface area contributed by atoms with Gasteiger partial charge in [0.15, 0.2) is 0 Å². The largest absolute Gasteiger partial charge is 0.0620 e. The molecule has 9 aliphatic rings. The standard InChI is InChI=1S/C53H90/c1-20-24(5)38-25(6)21(2)29(10)43-47-33(14)41-36(17)53(19)37(18)49-45-31(12)23(4)27(8)39-26(7)22(3)30(11)44(51(39)45)48(49)35(16)52(53)34(15)40(41)32(13)46(47)42(28(20)9)50(38)43/h20-52H,1-19H3. The van der Waals surface area contributed by atoms with Crippen molar-refractivity contribution in [3.05, 3.63) is 0 Å². The van der Waals surface area contributed by atoms with Gasteiger partial charge in [-0.2, -0.15) is 0 Å². The first-order valence-electron chi connectivity index (χ1n) is 24.8. The van der Waals surface area contributed by atoms with Crippen LogP contribution in [0, 0.1) is 201 Å². The lowest BCUT2D eigenvalue weighted by atomic mass is 9.34. The number of fused-ring (bicyclic) bond motifs is 8. The third-order valence-corrected chi connectivity index (χ3v) is 25.9. The molecule has 302 valence electrons. The predicted octanol–water partition coefficient (Wildman–Crippen LogP) is 13.8. The van der Waals surface area contributed by atoms with Crippen LogP contribution in [0.25, 0.3) is 0 Å². The topological polar surface area (TPSA) is 0 Å². The Morgan fingerprint density at radius 3 is 0.792 bits per heavy atom. The minimum atomic E-state index is 0.446. The highest BCUT2D eigenvalue weighted by atomic mass is 14.8. The molecule has 9 rings (SSSR count). The summed E-state index contributed by atoms with van der Waals surface area (Å²) in [6.07, 6.45) is 0. The van der Waals surface area contributed by atoms with E-state index in [2.05, 4.69) is 132 Å². The Balaban J connectivity index is 1.15. The summed E-state index contributed by atoms with van der Waals surface area (Å²) in [5.41, 5.74) is 0.446. The molecule has 0 nitrogen and oxygen atoms in total. The molecule has 53 heavy (non-hydrogen) atoms. The molecule has 0 heteroatoms. The van der Waals surface area contributed by atoms with Crippen molar-refractivity contribution >= 4 is 0 Å². The Kier molecular flexibility index (Phi) is 8.91. The van der Waals surface area contributed by atoms with Crippen molar-refractivity contribution in [2.45, 2.75) is 132 Å². The van der Waals surface area contributed by atoms with Crippen LogP contribution in [0.15, 0.2) is 0 Å². The predicted molar refractivity (Wildman–Crippen MR) is 225 cm³/mol. The highest BCUT2D eigenvalue weighted by Crippen LogP contribution is 2.79. The molecule has 9 saturated carbocycles. The Labute approximate surface area is 331 Å². The summed E-state index contributed by atoms with van der Waals surface area (Å²) in [5.74, 6) is 29.9. The molecule has 0 aromatic heterocycles. The maximum atomic E-state index is 2.95. The second-order valence-electron chi connectivity index (χ2n) is 25.3. The van der Waals surface area contributed by atoms with Crippen LogP contribution in [0.2, 0.25) is 0 Å². The number of hydrogen-bond donors (Lipinski definition) is 0. The van der Waals surface area contributed by atoms with Crippen LogP contribution in [-0.2, 0) is 0 Å². The van der Waals surface area contributed by atoms with Gasteiger partial charge in [0.05, 0.1) is 0 Å². The molecule has 0 amide bonds. The quantitative estimate of drug-likeness (QED) is 0.233. The van der Waals surface area contributed by atoms with Crippen LogP contribution in [0.4, 0.5) is 0 Å². The zero-order chi connectivity index (χ0) is 38.6. The van der Waals surface area contributed by atoms with E-state index in [1.165, 1.54) is 0 Å². The third-order valence-electron chi connectivity index (χ3n) is 25.9. The second-order valence-corrected chi connectivity index (χ2v) is 25.3. The molecule has 0 aliphatic heterocycles. The molecule has 34 atom stereocenters. The van der Waals surface area contributed by atoms with Gasteiger partial charge in [-0.25, -0.2) is 0 Å². The van der Waals surface area contributed by atoms with E-state index in [-0.39, 0.29) is 0 Å². The summed E-state index contributed by atoms with van der Waals surface area (Å²) >= 11 is 0. The van der Waals surface area contributed by atoms with Crippen LogP contribution in [0.5, 0.6) is 0 Å². The lowest BCUT2D eigenvalue weighted by Gasteiger charge is -2.70. The normalized spacial score (nSPS) is 71.9. The summed E-state index contributed by atoms with van der Waals surface area (Å²) < 4.78 is 0. The van der Waals surface area contributed by atoms with E-state index in [0.717, 1.165) is 195 Å². The average molecular weight is 727 g/mol. The van der Waals surface area contributed by atoms with Crippen molar-refractivity contribution in [2.24, 2.45) is 201 Å². The lowest BCUT2D eigenvalue weighted by Crippen LogP contribution is -2.66. The van der Waals surface area contributed by atoms with Gasteiger partial charge in [-0.1, -0.05) is 132 Å². The molecule has 0 aromatic rings. The van der Waals surface area contributed by atoms with E-state index < -0.39 is 0 Å². The van der Waals surface area contributed by atoms with E-state index in [0.29, 0.717) is 5.41 Å². The van der Waals surface area contributed by atoms with E-state index in [1.54, 1.807) is 0 Å². The third kappa shape index (κ3) is 4.29. The van der Waals surface area contributed by atoms with Crippen LogP contribution < -0.4 is 0 Å². The van der Waals surface area contributed by atoms with Crippen LogP contribution in [-0.4, -0.2) is 0 Å². The molecule has 0 spiro atoms. The molecule has 0 radical (unpaired) electrons. The fraction of sp³-hybridized carbons (Fsp3) is 1.00. The molecule has 34 unspecified atom stereocenters. The lowest BCUT2D eigenvalue weighted by molar-refractivity contribution is -0.230. The molecule has 0 bridgehead atoms. The Bertz CT molecular complexity index is 1400. The second kappa shape index (κ2) is 12.3. The summed E-state index contributed by atoms with van der Waals surface area (Å²) in [4.78, 5) is 0. The molecule has 0 aromatic carbocycles. The van der Waals surface area contributed by atoms with Crippen LogP contribution >= 0.6 is 0 Å². The van der Waals surface area contributed by atoms with Gasteiger partial charge in [-0.15, -0.1) is 0 Å². The molecular formula is C53H90. The van der Waals surface area contributed by atoms with E-state index in [9.17, 15) is 0 Å². The zero-order valence-corrected chi connectivity index (χ0v) is 38.6. The molecule has 0 heterocycles. The van der Waals surface area contributed by atoms with Crippen LogP contribution in [0.3, 0.4) is 0 Å². The fourth-order valence-electron chi connectivity index (χ4n) is 23.0. The van der Waals surface area contributed by atoms with E-state index >= 15 is 0 Å². The summed E-state index contributed by atoms with van der Waals surface area (Å²) in [6.45, 7) is 52.9. The summed E-state index contributed by atoms with van der Waals surface area (Å²) in [6, 6.07) is 0. The van der Waals surface area contributed by atoms with Crippen molar-refractivity contribution in [2.75, 3.05) is 0 Å². The number of hydrogen-bond acceptors (Lipinski definition) is 0. The fourth-order valence-corrected chi connectivity index (χ4v) is 23.0. The van der Waals surface area contributed by atoms with Gasteiger partial charge in [-0.3, -0.25) is 0 Å². The SMILES string of the molecule is CC1C(C)C2C(C)C(C)C(C)C3C4C(C)C5C(C(C)C4C(C1C)C23)C(C)C1C(C)C2C3C(C)C(C)C(C)C4C(C)C(C)C(C)C(C43)C2C(C)C1(C)C5C. The van der Waals surface area contributed by atoms with Gasteiger partial charge in [-0.05, 0) is 201 Å². The van der Waals surface area contributed by atoms with Crippen molar-refractivity contribution in [3.63, 3.8) is 0 Å². The maximum absolute atomic E-state index is 2.95. The highest BCUT2D eigenvalue weighted by Gasteiger charge is 2.75. The smallest absolute Gasteiger partial charge is 0.0235 e. The van der Waals surface area contributed by atoms with Gasteiger partial charge < -0.3 is 0 Å². The maximum Gasteiger partial charge on any atom is -0.0235 e. The zero-order valence-electron chi connectivity index (χ0n) is 38.6. The molecule has 9 fully saturated rings. The van der Waals surface area contributed by atoms with E-state index in [4.69, 9.17) is 0 Å². The first-order chi connectivity index (χ1) is 24.8. The van der Waals surface area contributed by atoms with Crippen molar-refractivity contribution in [1.82, 2.24) is 0 Å². The Morgan fingerprint density at radius 2 is 0.415 bits per heavy atom. The minimum Gasteiger partial charge on any atom is -0.0620 e. The van der Waals surface area contributed by atoms with Gasteiger partial charge in [0.2, 0.25) is 0 Å². The minimum absolute atomic E-state index is 0.446. The van der Waals surface area contributed by atoms with Crippen molar-refractivity contribution < 1.29 is 0 Å². The molecule has 0 N–H and O–H groups in total.